The summed E-state index contributed by atoms with van der Waals surface area (Å²) in [7, 11) is 5.72. The smallest absolute Gasteiger partial charge is 0.166 e. The molecule has 2 heterocycles. The third kappa shape index (κ3) is 1.65. The Hall–Kier alpha value is -2.05. The van der Waals surface area contributed by atoms with Crippen LogP contribution in [0.25, 0.3) is 0 Å². The summed E-state index contributed by atoms with van der Waals surface area (Å²) in [5.74, 6) is 1.66. The van der Waals surface area contributed by atoms with Crippen LogP contribution >= 0.6 is 0 Å². The SMILES string of the molecule is COc1ccc2c3c1O[C@H]1[C@@]4(OC)C=C[C@@]5(C[C@H]4/C(C)=N\O)[C@@H](C2)N(C)CC[C@]315. The minimum Gasteiger partial charge on any atom is -0.493 e. The summed E-state index contributed by atoms with van der Waals surface area (Å²) in [5, 5.41) is 13.3. The van der Waals surface area contributed by atoms with Gasteiger partial charge in [-0.2, -0.15) is 0 Å². The molecule has 1 saturated heterocycles. The van der Waals surface area contributed by atoms with Crippen LogP contribution in [0, 0.1) is 11.3 Å². The van der Waals surface area contributed by atoms with E-state index in [1.165, 1.54) is 11.1 Å². The second-order valence-corrected chi connectivity index (χ2v) is 9.48. The number of oxime groups is 1. The number of hydrogen-bond donors (Lipinski definition) is 1. The molecule has 2 spiro atoms. The number of ether oxygens (including phenoxy) is 3. The molecule has 6 aliphatic rings. The van der Waals surface area contributed by atoms with Crippen LogP contribution in [0.3, 0.4) is 0 Å². The Morgan fingerprint density at radius 3 is 2.86 bits per heavy atom. The third-order valence-electron chi connectivity index (χ3n) is 8.94. The van der Waals surface area contributed by atoms with Crippen molar-refractivity contribution in [3.05, 3.63) is 35.4 Å². The van der Waals surface area contributed by atoms with Gasteiger partial charge in [0.05, 0.1) is 18.2 Å². The predicted octanol–water partition coefficient (Wildman–Crippen LogP) is 2.77. The number of benzene rings is 1. The Morgan fingerprint density at radius 1 is 1.31 bits per heavy atom. The van der Waals surface area contributed by atoms with Gasteiger partial charge in [0.25, 0.3) is 0 Å². The summed E-state index contributed by atoms with van der Waals surface area (Å²) in [6, 6.07) is 4.66. The van der Waals surface area contributed by atoms with Gasteiger partial charge < -0.3 is 24.3 Å². The molecule has 0 amide bonds. The molecule has 1 N–H and O–H groups in total. The number of piperidine rings is 1. The molecule has 7 rings (SSSR count). The number of likely N-dealkylation sites (tertiary alicyclic amines) is 1. The first-order valence-electron chi connectivity index (χ1n) is 10.5. The van der Waals surface area contributed by atoms with Gasteiger partial charge in [-0.05, 0) is 51.4 Å². The predicted molar refractivity (Wildman–Crippen MR) is 108 cm³/mol. The van der Waals surface area contributed by atoms with Crippen LogP contribution in [-0.2, 0) is 16.6 Å². The summed E-state index contributed by atoms with van der Waals surface area (Å²) in [4.78, 5) is 2.52. The lowest BCUT2D eigenvalue weighted by atomic mass is 9.37. The Labute approximate surface area is 171 Å². The Kier molecular flexibility index (Phi) is 3.28. The first-order chi connectivity index (χ1) is 14.0. The van der Waals surface area contributed by atoms with Gasteiger partial charge in [0.2, 0.25) is 0 Å². The van der Waals surface area contributed by atoms with Crippen LogP contribution in [0.1, 0.15) is 30.9 Å². The topological polar surface area (TPSA) is 63.5 Å². The fourth-order valence-electron chi connectivity index (χ4n) is 7.75. The largest absolute Gasteiger partial charge is 0.493 e. The molecule has 4 bridgehead atoms. The maximum absolute atomic E-state index is 9.68. The molecular formula is C23H28N2O4. The van der Waals surface area contributed by atoms with Crippen LogP contribution in [0.2, 0.25) is 0 Å². The van der Waals surface area contributed by atoms with E-state index in [2.05, 4.69) is 35.3 Å². The quantitative estimate of drug-likeness (QED) is 0.368. The lowest BCUT2D eigenvalue weighted by molar-refractivity contribution is -0.201. The van der Waals surface area contributed by atoms with Gasteiger partial charge in [-0.25, -0.2) is 0 Å². The second-order valence-electron chi connectivity index (χ2n) is 9.48. The monoisotopic (exact) mass is 396 g/mol. The fraction of sp³-hybridized carbons (Fsp3) is 0.609. The van der Waals surface area contributed by atoms with E-state index in [9.17, 15) is 5.21 Å². The molecule has 6 heteroatoms. The average Bonchev–Trinajstić information content (AvgIpc) is 3.12. The van der Waals surface area contributed by atoms with Crippen molar-refractivity contribution in [2.45, 2.75) is 49.3 Å². The Morgan fingerprint density at radius 2 is 2.14 bits per heavy atom. The average molecular weight is 396 g/mol. The zero-order valence-corrected chi connectivity index (χ0v) is 17.4. The molecule has 0 radical (unpaired) electrons. The van der Waals surface area contributed by atoms with E-state index in [4.69, 9.17) is 14.2 Å². The first-order valence-corrected chi connectivity index (χ1v) is 10.5. The van der Waals surface area contributed by atoms with Crippen molar-refractivity contribution in [3.63, 3.8) is 0 Å². The summed E-state index contributed by atoms with van der Waals surface area (Å²) < 4.78 is 18.8. The van der Waals surface area contributed by atoms with E-state index in [-0.39, 0.29) is 22.9 Å². The van der Waals surface area contributed by atoms with Gasteiger partial charge in [0, 0.05) is 30.0 Å². The highest BCUT2D eigenvalue weighted by molar-refractivity contribution is 5.87. The van der Waals surface area contributed by atoms with E-state index < -0.39 is 5.60 Å². The van der Waals surface area contributed by atoms with E-state index in [0.29, 0.717) is 11.8 Å². The highest BCUT2D eigenvalue weighted by Gasteiger charge is 2.79. The zero-order chi connectivity index (χ0) is 20.2. The van der Waals surface area contributed by atoms with E-state index in [0.717, 1.165) is 37.3 Å². The maximum Gasteiger partial charge on any atom is 0.166 e. The number of rotatable bonds is 3. The van der Waals surface area contributed by atoms with Crippen LogP contribution in [0.15, 0.2) is 29.4 Å². The number of methoxy groups -OCH3 is 2. The van der Waals surface area contributed by atoms with Gasteiger partial charge in [-0.3, -0.25) is 0 Å². The standard InChI is InChI=1S/C23H28N2O4/c1-13(24-26)15-12-21-7-8-23(15,28-4)20-22(21)9-10-25(2)17(21)11-14-5-6-16(27-3)19(29-20)18(14)22/h5-8,15,17,20,26H,9-12H2,1-4H3/b24-13-/t15-,17+,20+,21+,22-,23+/m0/s1. The normalized spacial score (nSPS) is 43.9. The molecule has 1 aromatic carbocycles. The van der Waals surface area contributed by atoms with Crippen LogP contribution in [0.4, 0.5) is 0 Å². The molecule has 2 fully saturated rings. The van der Waals surface area contributed by atoms with Gasteiger partial charge in [-0.1, -0.05) is 23.4 Å². The van der Waals surface area contributed by atoms with Crippen molar-refractivity contribution in [2.75, 3.05) is 27.8 Å². The third-order valence-corrected chi connectivity index (χ3v) is 8.94. The maximum atomic E-state index is 9.68. The molecule has 4 aliphatic carbocycles. The molecule has 0 unspecified atom stereocenters. The first kappa shape index (κ1) is 17.8. The molecule has 6 nitrogen and oxygen atoms in total. The van der Waals surface area contributed by atoms with Crippen molar-refractivity contribution in [2.24, 2.45) is 16.5 Å². The number of fused-ring (bicyclic) bond motifs is 1. The minimum atomic E-state index is -0.656. The summed E-state index contributed by atoms with van der Waals surface area (Å²) >= 11 is 0. The number of nitrogens with zero attached hydrogens (tertiary/aromatic N) is 2. The van der Waals surface area contributed by atoms with Crippen molar-refractivity contribution < 1.29 is 19.4 Å². The Balaban J connectivity index is 1.70. The van der Waals surface area contributed by atoms with Gasteiger partial charge in [0.15, 0.2) is 11.5 Å². The molecule has 154 valence electrons. The summed E-state index contributed by atoms with van der Waals surface area (Å²) in [6.07, 6.45) is 7.39. The molecule has 1 aromatic rings. The zero-order valence-electron chi connectivity index (χ0n) is 17.4. The Bertz CT molecular complexity index is 974. The van der Waals surface area contributed by atoms with E-state index >= 15 is 0 Å². The summed E-state index contributed by atoms with van der Waals surface area (Å²) in [6.45, 7) is 2.94. The molecule has 1 saturated carbocycles. The summed E-state index contributed by atoms with van der Waals surface area (Å²) in [5.41, 5.74) is 2.56. The van der Waals surface area contributed by atoms with Crippen molar-refractivity contribution in [1.82, 2.24) is 4.90 Å². The van der Waals surface area contributed by atoms with E-state index in [1.807, 2.05) is 13.0 Å². The minimum absolute atomic E-state index is 0.0310. The van der Waals surface area contributed by atoms with Crippen LogP contribution < -0.4 is 9.47 Å². The van der Waals surface area contributed by atoms with Crippen molar-refractivity contribution >= 4 is 5.71 Å². The molecular weight excluding hydrogens is 368 g/mol. The lowest BCUT2D eigenvalue weighted by Gasteiger charge is -2.71. The lowest BCUT2D eigenvalue weighted by Crippen LogP contribution is -2.79. The highest BCUT2D eigenvalue weighted by Crippen LogP contribution is 2.74. The van der Waals surface area contributed by atoms with Crippen molar-refractivity contribution in [1.29, 1.82) is 0 Å². The molecule has 6 atom stereocenters. The number of likely N-dealkylation sites (N-methyl/N-ethyl adjacent to an activating group) is 1. The highest BCUT2D eigenvalue weighted by atomic mass is 16.6. The van der Waals surface area contributed by atoms with E-state index in [1.54, 1.807) is 14.2 Å². The van der Waals surface area contributed by atoms with Crippen LogP contribution in [-0.4, -0.2) is 61.4 Å². The molecule has 2 aliphatic heterocycles. The van der Waals surface area contributed by atoms with Gasteiger partial charge in [0.1, 0.15) is 11.7 Å². The van der Waals surface area contributed by atoms with Crippen molar-refractivity contribution in [3.8, 4) is 11.5 Å². The van der Waals surface area contributed by atoms with Gasteiger partial charge >= 0.3 is 0 Å². The second kappa shape index (κ2) is 5.35. The molecule has 29 heavy (non-hydrogen) atoms. The fourth-order valence-corrected chi connectivity index (χ4v) is 7.75. The molecule has 0 aromatic heterocycles. The number of hydrogen-bond acceptors (Lipinski definition) is 6. The van der Waals surface area contributed by atoms with Gasteiger partial charge in [-0.15, -0.1) is 0 Å². The van der Waals surface area contributed by atoms with Crippen LogP contribution in [0.5, 0.6) is 11.5 Å².